The van der Waals surface area contributed by atoms with Crippen LogP contribution in [0.15, 0.2) is 23.0 Å². The number of halogens is 3. The van der Waals surface area contributed by atoms with E-state index < -0.39 is 28.7 Å². The molecule has 0 unspecified atom stereocenters. The first kappa shape index (κ1) is 15.1. The molecule has 7 heteroatoms. The fourth-order valence-electron chi connectivity index (χ4n) is 2.04. The molecule has 4 nitrogen and oxygen atoms in total. The van der Waals surface area contributed by atoms with E-state index in [9.17, 15) is 22.8 Å². The number of esters is 1. The van der Waals surface area contributed by atoms with Gasteiger partial charge >= 0.3 is 12.1 Å². The Bertz CT molecular complexity index is 762. The van der Waals surface area contributed by atoms with Gasteiger partial charge < -0.3 is 9.72 Å². The SMILES string of the molecule is CCOC(=O)c1cc(=O)c2cc(C)cc(C(F)(F)F)c2[nH]1. The number of hydrogen-bond acceptors (Lipinski definition) is 3. The first-order valence-corrected chi connectivity index (χ1v) is 6.16. The Balaban J connectivity index is 2.80. The molecule has 1 aromatic carbocycles. The molecule has 0 bridgehead atoms. The summed E-state index contributed by atoms with van der Waals surface area (Å²) in [6.45, 7) is 3.08. The molecule has 2 rings (SSSR count). The van der Waals surface area contributed by atoms with Crippen LogP contribution in [0.1, 0.15) is 28.5 Å². The lowest BCUT2D eigenvalue weighted by Gasteiger charge is -2.12. The molecule has 0 saturated carbocycles. The summed E-state index contributed by atoms with van der Waals surface area (Å²) in [4.78, 5) is 25.9. The largest absolute Gasteiger partial charge is 0.461 e. The third-order valence-corrected chi connectivity index (χ3v) is 2.88. The highest BCUT2D eigenvalue weighted by Crippen LogP contribution is 2.34. The molecule has 0 aliphatic carbocycles. The summed E-state index contributed by atoms with van der Waals surface area (Å²) in [7, 11) is 0. The maximum Gasteiger partial charge on any atom is 0.418 e. The van der Waals surface area contributed by atoms with E-state index in [2.05, 4.69) is 4.98 Å². The zero-order valence-electron chi connectivity index (χ0n) is 11.3. The monoisotopic (exact) mass is 299 g/mol. The van der Waals surface area contributed by atoms with Crippen molar-refractivity contribution in [3.63, 3.8) is 0 Å². The lowest BCUT2D eigenvalue weighted by molar-refractivity contribution is -0.136. The first-order valence-electron chi connectivity index (χ1n) is 6.16. The molecule has 21 heavy (non-hydrogen) atoms. The van der Waals surface area contributed by atoms with Gasteiger partial charge in [-0.2, -0.15) is 13.2 Å². The molecule has 1 heterocycles. The third-order valence-electron chi connectivity index (χ3n) is 2.88. The molecule has 2 aromatic rings. The fraction of sp³-hybridized carbons (Fsp3) is 0.286. The number of aromatic amines is 1. The number of carbonyl (C=O) groups excluding carboxylic acids is 1. The van der Waals surface area contributed by atoms with Gasteiger partial charge in [-0.3, -0.25) is 4.79 Å². The van der Waals surface area contributed by atoms with Crippen molar-refractivity contribution >= 4 is 16.9 Å². The second kappa shape index (κ2) is 5.23. The van der Waals surface area contributed by atoms with E-state index in [1.54, 1.807) is 6.92 Å². The number of alkyl halides is 3. The first-order chi connectivity index (χ1) is 9.74. The van der Waals surface area contributed by atoms with Gasteiger partial charge in [-0.25, -0.2) is 4.79 Å². The Morgan fingerprint density at radius 2 is 1.95 bits per heavy atom. The Morgan fingerprint density at radius 3 is 2.52 bits per heavy atom. The second-order valence-electron chi connectivity index (χ2n) is 4.50. The highest BCUT2D eigenvalue weighted by Gasteiger charge is 2.34. The van der Waals surface area contributed by atoms with Crippen molar-refractivity contribution in [1.29, 1.82) is 0 Å². The third kappa shape index (κ3) is 2.91. The molecule has 0 radical (unpaired) electrons. The summed E-state index contributed by atoms with van der Waals surface area (Å²) in [5.41, 5.74) is -2.06. The van der Waals surface area contributed by atoms with Gasteiger partial charge in [0.25, 0.3) is 0 Å². The number of nitrogens with one attached hydrogen (secondary N) is 1. The number of ether oxygens (including phenoxy) is 1. The van der Waals surface area contributed by atoms with Crippen LogP contribution in [-0.4, -0.2) is 17.6 Å². The van der Waals surface area contributed by atoms with Crippen LogP contribution in [-0.2, 0) is 10.9 Å². The molecule has 1 aromatic heterocycles. The van der Waals surface area contributed by atoms with Crippen LogP contribution in [0.2, 0.25) is 0 Å². The Hall–Kier alpha value is -2.31. The highest BCUT2D eigenvalue weighted by molar-refractivity contribution is 5.92. The van der Waals surface area contributed by atoms with Crippen molar-refractivity contribution < 1.29 is 22.7 Å². The number of H-pyrrole nitrogens is 1. The summed E-state index contributed by atoms with van der Waals surface area (Å²) >= 11 is 0. The van der Waals surface area contributed by atoms with Crippen LogP contribution < -0.4 is 5.43 Å². The van der Waals surface area contributed by atoms with E-state index >= 15 is 0 Å². The van der Waals surface area contributed by atoms with E-state index in [-0.39, 0.29) is 17.7 Å². The minimum atomic E-state index is -4.64. The van der Waals surface area contributed by atoms with Gasteiger partial charge in [-0.1, -0.05) is 0 Å². The highest BCUT2D eigenvalue weighted by atomic mass is 19.4. The summed E-state index contributed by atoms with van der Waals surface area (Å²) in [6, 6.07) is 3.21. The Labute approximate surface area is 117 Å². The van der Waals surface area contributed by atoms with Crippen molar-refractivity contribution in [2.75, 3.05) is 6.61 Å². The van der Waals surface area contributed by atoms with Gasteiger partial charge in [0.15, 0.2) is 5.43 Å². The van der Waals surface area contributed by atoms with Gasteiger partial charge in [0.1, 0.15) is 5.69 Å². The van der Waals surface area contributed by atoms with Crippen molar-refractivity contribution in [3.8, 4) is 0 Å². The van der Waals surface area contributed by atoms with Crippen molar-refractivity contribution in [3.05, 3.63) is 45.2 Å². The number of carbonyl (C=O) groups is 1. The van der Waals surface area contributed by atoms with E-state index in [4.69, 9.17) is 4.74 Å². The molecular formula is C14H12F3NO3. The summed E-state index contributed by atoms with van der Waals surface area (Å²) < 4.78 is 43.9. The normalized spacial score (nSPS) is 11.7. The molecule has 1 N–H and O–H groups in total. The number of aromatic nitrogens is 1. The average Bonchev–Trinajstić information content (AvgIpc) is 2.37. The van der Waals surface area contributed by atoms with Gasteiger partial charge in [-0.05, 0) is 31.5 Å². The van der Waals surface area contributed by atoms with Gasteiger partial charge in [0, 0.05) is 11.5 Å². The predicted octanol–water partition coefficient (Wildman–Crippen LogP) is 3.03. The van der Waals surface area contributed by atoms with Crippen LogP contribution in [0, 0.1) is 6.92 Å². The lowest BCUT2D eigenvalue weighted by Crippen LogP contribution is -2.16. The number of hydrogen-bond donors (Lipinski definition) is 1. The molecule has 0 atom stereocenters. The smallest absolute Gasteiger partial charge is 0.418 e. The molecule has 0 aliphatic rings. The van der Waals surface area contributed by atoms with E-state index in [0.717, 1.165) is 12.1 Å². The lowest BCUT2D eigenvalue weighted by atomic mass is 10.0. The maximum absolute atomic E-state index is 13.1. The van der Waals surface area contributed by atoms with Crippen LogP contribution in [0.3, 0.4) is 0 Å². The van der Waals surface area contributed by atoms with Crippen LogP contribution >= 0.6 is 0 Å². The van der Waals surface area contributed by atoms with Crippen molar-refractivity contribution in [2.45, 2.75) is 20.0 Å². The van der Waals surface area contributed by atoms with Gasteiger partial charge in [-0.15, -0.1) is 0 Å². The molecule has 0 spiro atoms. The summed E-state index contributed by atoms with van der Waals surface area (Å²) in [5.74, 6) is -0.870. The second-order valence-corrected chi connectivity index (χ2v) is 4.50. The number of fused-ring (bicyclic) bond motifs is 1. The standard InChI is InChI=1S/C14H12F3NO3/c1-3-21-13(20)10-6-11(19)8-4-7(2)5-9(12(8)18-10)14(15,16)17/h4-6H,3H2,1-2H3,(H,18,19). The molecule has 0 saturated heterocycles. The molecule has 112 valence electrons. The number of aryl methyl sites for hydroxylation is 1. The number of benzene rings is 1. The van der Waals surface area contributed by atoms with Crippen molar-refractivity contribution in [1.82, 2.24) is 4.98 Å². The van der Waals surface area contributed by atoms with Crippen LogP contribution in [0.4, 0.5) is 13.2 Å². The van der Waals surface area contributed by atoms with Crippen molar-refractivity contribution in [2.24, 2.45) is 0 Å². The van der Waals surface area contributed by atoms with Gasteiger partial charge in [0.2, 0.25) is 0 Å². The zero-order chi connectivity index (χ0) is 15.8. The van der Waals surface area contributed by atoms with Gasteiger partial charge in [0.05, 0.1) is 17.7 Å². The fourth-order valence-corrected chi connectivity index (χ4v) is 2.04. The minimum absolute atomic E-state index is 0.0545. The summed E-state index contributed by atoms with van der Waals surface area (Å²) in [5, 5.41) is -0.115. The molecule has 0 aliphatic heterocycles. The van der Waals surface area contributed by atoms with Crippen LogP contribution in [0.5, 0.6) is 0 Å². The number of rotatable bonds is 2. The quantitative estimate of drug-likeness (QED) is 0.867. The minimum Gasteiger partial charge on any atom is -0.461 e. The van der Waals surface area contributed by atoms with E-state index in [0.29, 0.717) is 5.56 Å². The Kier molecular flexibility index (Phi) is 3.76. The van der Waals surface area contributed by atoms with E-state index in [1.807, 2.05) is 0 Å². The Morgan fingerprint density at radius 1 is 1.29 bits per heavy atom. The summed E-state index contributed by atoms with van der Waals surface area (Å²) in [6.07, 6.45) is -4.64. The van der Waals surface area contributed by atoms with E-state index in [1.165, 1.54) is 13.0 Å². The predicted molar refractivity (Wildman–Crippen MR) is 70.3 cm³/mol. The number of pyridine rings is 1. The average molecular weight is 299 g/mol. The molecule has 0 amide bonds. The maximum atomic E-state index is 13.1. The van der Waals surface area contributed by atoms with Crippen LogP contribution in [0.25, 0.3) is 10.9 Å². The molecule has 0 fully saturated rings. The zero-order valence-corrected chi connectivity index (χ0v) is 11.3. The topological polar surface area (TPSA) is 59.2 Å². The molecular weight excluding hydrogens is 287 g/mol.